The largest absolute Gasteiger partial charge is 0.395 e. The third kappa shape index (κ3) is 4.30. The van der Waals surface area contributed by atoms with Crippen molar-refractivity contribution in [2.75, 3.05) is 19.8 Å². The van der Waals surface area contributed by atoms with Gasteiger partial charge in [0.1, 0.15) is 24.4 Å². The summed E-state index contributed by atoms with van der Waals surface area (Å²) in [6.45, 7) is -1.15. The van der Waals surface area contributed by atoms with Crippen molar-refractivity contribution in [3.63, 3.8) is 0 Å². The fourth-order valence-electron chi connectivity index (χ4n) is 2.66. The molecule has 0 spiro atoms. The first-order valence-electron chi connectivity index (χ1n) is 7.05. The fraction of sp³-hybridized carbons (Fsp3) is 1.00. The maximum Gasteiger partial charge on any atom is 0.186 e. The van der Waals surface area contributed by atoms with Gasteiger partial charge in [0.25, 0.3) is 0 Å². The summed E-state index contributed by atoms with van der Waals surface area (Å²) in [7, 11) is 0. The molecular weight excluding hydrogens is 338 g/mol. The highest BCUT2D eigenvalue weighted by Crippen LogP contribution is 2.23. The van der Waals surface area contributed by atoms with Crippen molar-refractivity contribution >= 4 is 12.4 Å². The molecule has 0 radical (unpaired) electrons. The highest BCUT2D eigenvalue weighted by atomic mass is 35.5. The van der Waals surface area contributed by atoms with Gasteiger partial charge in [0.05, 0.1) is 44.1 Å². The number of ether oxygens (including phenoxy) is 2. The Morgan fingerprint density at radius 3 is 1.91 bits per heavy atom. The minimum absolute atomic E-state index is 0. The average Bonchev–Trinajstić information content (AvgIpc) is 2.79. The Labute approximate surface area is 138 Å². The number of piperidine rings is 1. The Morgan fingerprint density at radius 1 is 0.783 bits per heavy atom. The maximum atomic E-state index is 9.88. The lowest BCUT2D eigenvalue weighted by Gasteiger charge is -2.41. The molecule has 0 saturated carbocycles. The fourth-order valence-corrected chi connectivity index (χ4v) is 2.66. The number of nitrogens with one attached hydrogen (secondary N) is 1. The highest BCUT2D eigenvalue weighted by Gasteiger charge is 2.45. The van der Waals surface area contributed by atoms with Crippen LogP contribution in [0, 0.1) is 0 Å². The van der Waals surface area contributed by atoms with Gasteiger partial charge >= 0.3 is 0 Å². The molecule has 9 atom stereocenters. The van der Waals surface area contributed by atoms with E-state index in [1.54, 1.807) is 0 Å². The molecule has 2 aliphatic heterocycles. The first-order chi connectivity index (χ1) is 10.4. The average molecular weight is 362 g/mol. The van der Waals surface area contributed by atoms with Crippen molar-refractivity contribution in [3.8, 4) is 0 Å². The van der Waals surface area contributed by atoms with Gasteiger partial charge in [-0.05, 0) is 0 Å². The second kappa shape index (κ2) is 8.83. The Hall–Kier alpha value is -0.110. The first kappa shape index (κ1) is 20.9. The van der Waals surface area contributed by atoms with Gasteiger partial charge in [-0.25, -0.2) is 0 Å². The van der Waals surface area contributed by atoms with Crippen LogP contribution in [0.4, 0.5) is 0 Å². The van der Waals surface area contributed by atoms with Crippen LogP contribution in [0.25, 0.3) is 0 Å². The SMILES string of the molecule is Cl.OC[C@H]1N[C@H](CO[C@@H]2O[C@H](CO)[C@@H](O)[C@H]2O)[C@H](O)[C@@H](O)[C@@H]1O. The summed E-state index contributed by atoms with van der Waals surface area (Å²) in [5, 5.41) is 69.4. The lowest BCUT2D eigenvalue weighted by molar-refractivity contribution is -0.189. The zero-order valence-electron chi connectivity index (χ0n) is 12.2. The van der Waals surface area contributed by atoms with Crippen LogP contribution in [-0.4, -0.2) is 111 Å². The van der Waals surface area contributed by atoms with E-state index in [9.17, 15) is 25.5 Å². The lowest BCUT2D eigenvalue weighted by Crippen LogP contribution is -2.67. The smallest absolute Gasteiger partial charge is 0.186 e. The summed E-state index contributed by atoms with van der Waals surface area (Å²) in [6.07, 6.45) is -8.96. The van der Waals surface area contributed by atoms with Crippen LogP contribution in [0.5, 0.6) is 0 Å². The molecule has 0 unspecified atom stereocenters. The standard InChI is InChI=1S/C12H23NO9.ClH/c14-1-4-7(16)10(19)8(17)5(13-4)3-21-12-11(20)9(18)6(2-15)22-12;/h4-20H,1-3H2;1H/t4-,5-,6-,7-,8+,9-,10+,11-,12-;/m1./s1. The molecule has 0 amide bonds. The van der Waals surface area contributed by atoms with Gasteiger partial charge in [0.15, 0.2) is 6.29 Å². The number of rotatable bonds is 5. The topological polar surface area (TPSA) is 172 Å². The van der Waals surface area contributed by atoms with Gasteiger partial charge < -0.3 is 50.5 Å². The van der Waals surface area contributed by atoms with Crippen molar-refractivity contribution in [1.82, 2.24) is 5.32 Å². The molecule has 138 valence electrons. The summed E-state index contributed by atoms with van der Waals surface area (Å²) in [4.78, 5) is 0. The molecule has 23 heavy (non-hydrogen) atoms. The molecular formula is C12H24ClNO9. The number of aliphatic hydroxyl groups excluding tert-OH is 7. The third-order valence-electron chi connectivity index (χ3n) is 4.09. The lowest BCUT2D eigenvalue weighted by atomic mass is 9.91. The summed E-state index contributed by atoms with van der Waals surface area (Å²) in [5.74, 6) is 0. The molecule has 0 aliphatic carbocycles. The summed E-state index contributed by atoms with van der Waals surface area (Å²) in [5.41, 5.74) is 0. The van der Waals surface area contributed by atoms with Crippen LogP contribution in [0.3, 0.4) is 0 Å². The monoisotopic (exact) mass is 361 g/mol. The second-order valence-corrected chi connectivity index (χ2v) is 5.57. The van der Waals surface area contributed by atoms with E-state index in [1.165, 1.54) is 0 Å². The Kier molecular flexibility index (Phi) is 8.04. The van der Waals surface area contributed by atoms with Crippen molar-refractivity contribution in [2.45, 2.75) is 55.0 Å². The molecule has 2 saturated heterocycles. The normalized spacial score (nSPS) is 47.3. The van der Waals surface area contributed by atoms with E-state index in [0.717, 1.165) is 0 Å². The quantitative estimate of drug-likeness (QED) is 0.238. The summed E-state index contributed by atoms with van der Waals surface area (Å²) in [6, 6.07) is -1.66. The van der Waals surface area contributed by atoms with Crippen molar-refractivity contribution in [3.05, 3.63) is 0 Å². The molecule has 0 aromatic heterocycles. The number of aliphatic hydroxyl groups is 7. The Bertz CT molecular complexity index is 363. The minimum Gasteiger partial charge on any atom is -0.395 e. The van der Waals surface area contributed by atoms with Crippen LogP contribution >= 0.6 is 12.4 Å². The maximum absolute atomic E-state index is 9.88. The van der Waals surface area contributed by atoms with E-state index in [4.69, 9.17) is 19.7 Å². The summed E-state index contributed by atoms with van der Waals surface area (Å²) < 4.78 is 10.4. The van der Waals surface area contributed by atoms with E-state index in [0.29, 0.717) is 0 Å². The van der Waals surface area contributed by atoms with Gasteiger partial charge in [-0.15, -0.1) is 12.4 Å². The Balaban J connectivity index is 0.00000264. The van der Waals surface area contributed by atoms with E-state index >= 15 is 0 Å². The second-order valence-electron chi connectivity index (χ2n) is 5.57. The predicted octanol–water partition coefficient (Wildman–Crippen LogP) is -4.72. The van der Waals surface area contributed by atoms with E-state index in [2.05, 4.69) is 5.32 Å². The van der Waals surface area contributed by atoms with E-state index in [-0.39, 0.29) is 19.0 Å². The van der Waals surface area contributed by atoms with Gasteiger partial charge in [0, 0.05) is 0 Å². The van der Waals surface area contributed by atoms with E-state index < -0.39 is 68.2 Å². The zero-order chi connectivity index (χ0) is 16.4. The van der Waals surface area contributed by atoms with Gasteiger partial charge in [-0.3, -0.25) is 0 Å². The molecule has 10 nitrogen and oxygen atoms in total. The minimum atomic E-state index is -1.46. The van der Waals surface area contributed by atoms with Gasteiger partial charge in [-0.1, -0.05) is 0 Å². The molecule has 2 heterocycles. The number of hydrogen-bond donors (Lipinski definition) is 8. The van der Waals surface area contributed by atoms with Gasteiger partial charge in [-0.2, -0.15) is 0 Å². The first-order valence-corrected chi connectivity index (χ1v) is 7.05. The van der Waals surface area contributed by atoms with Crippen LogP contribution < -0.4 is 5.32 Å². The van der Waals surface area contributed by atoms with Gasteiger partial charge in [0.2, 0.25) is 0 Å². The third-order valence-corrected chi connectivity index (χ3v) is 4.09. The van der Waals surface area contributed by atoms with Crippen molar-refractivity contribution in [1.29, 1.82) is 0 Å². The van der Waals surface area contributed by atoms with Crippen LogP contribution in [0.2, 0.25) is 0 Å². The summed E-state index contributed by atoms with van der Waals surface area (Å²) >= 11 is 0. The molecule has 11 heteroatoms. The van der Waals surface area contributed by atoms with Crippen molar-refractivity contribution < 1.29 is 45.2 Å². The highest BCUT2D eigenvalue weighted by molar-refractivity contribution is 5.85. The molecule has 8 N–H and O–H groups in total. The van der Waals surface area contributed by atoms with Crippen LogP contribution in [0.1, 0.15) is 0 Å². The molecule has 2 aliphatic rings. The molecule has 0 bridgehead atoms. The van der Waals surface area contributed by atoms with Crippen molar-refractivity contribution in [2.24, 2.45) is 0 Å². The molecule has 2 rings (SSSR count). The predicted molar refractivity (Wildman–Crippen MR) is 76.8 cm³/mol. The number of halogens is 1. The van der Waals surface area contributed by atoms with E-state index in [1.807, 2.05) is 0 Å². The van der Waals surface area contributed by atoms with Crippen LogP contribution in [-0.2, 0) is 9.47 Å². The molecule has 0 aromatic carbocycles. The van der Waals surface area contributed by atoms with Crippen LogP contribution in [0.15, 0.2) is 0 Å². The number of hydrogen-bond acceptors (Lipinski definition) is 10. The molecule has 2 fully saturated rings. The Morgan fingerprint density at radius 2 is 1.39 bits per heavy atom. The molecule has 0 aromatic rings. The zero-order valence-corrected chi connectivity index (χ0v) is 13.0.